The Balaban J connectivity index is 1.78. The predicted octanol–water partition coefficient (Wildman–Crippen LogP) is -0.114. The Kier molecular flexibility index (Phi) is 1.60. The molecule has 1 atom stereocenters. The molecule has 0 spiro atoms. The standard InChI is InChI=1S/C10H14N2O2/c13-8-5-12(7-3-4-7)10(14)9(11-8)6-1-2-6/h6-7,9H,1-5H2,(H,11,13). The van der Waals surface area contributed by atoms with E-state index in [9.17, 15) is 9.59 Å². The van der Waals surface area contributed by atoms with E-state index in [1.165, 1.54) is 0 Å². The zero-order valence-corrected chi connectivity index (χ0v) is 8.03. The fourth-order valence-electron chi connectivity index (χ4n) is 2.14. The number of piperazine rings is 1. The number of amides is 2. The summed E-state index contributed by atoms with van der Waals surface area (Å²) in [6, 6.07) is 0.173. The fourth-order valence-corrected chi connectivity index (χ4v) is 2.14. The van der Waals surface area contributed by atoms with Crippen LogP contribution >= 0.6 is 0 Å². The molecule has 0 aromatic heterocycles. The zero-order chi connectivity index (χ0) is 9.71. The van der Waals surface area contributed by atoms with Gasteiger partial charge in [0.2, 0.25) is 11.8 Å². The fraction of sp³-hybridized carbons (Fsp3) is 0.800. The number of nitrogens with zero attached hydrogens (tertiary/aromatic N) is 1. The summed E-state index contributed by atoms with van der Waals surface area (Å²) < 4.78 is 0. The number of carbonyl (C=O) groups is 2. The normalized spacial score (nSPS) is 33.1. The van der Waals surface area contributed by atoms with Gasteiger partial charge in [-0.25, -0.2) is 0 Å². The molecule has 2 amide bonds. The Bertz CT molecular complexity index is 268. The second-order valence-corrected chi connectivity index (χ2v) is 4.58. The van der Waals surface area contributed by atoms with Crippen molar-refractivity contribution in [1.29, 1.82) is 0 Å². The molecule has 2 aliphatic carbocycles. The van der Waals surface area contributed by atoms with E-state index in [0.717, 1.165) is 25.7 Å². The molecule has 76 valence electrons. The molecule has 3 aliphatic rings. The van der Waals surface area contributed by atoms with Gasteiger partial charge in [0, 0.05) is 6.04 Å². The van der Waals surface area contributed by atoms with Crippen molar-refractivity contribution in [3.05, 3.63) is 0 Å². The average molecular weight is 194 g/mol. The van der Waals surface area contributed by atoms with Gasteiger partial charge < -0.3 is 10.2 Å². The number of hydrogen-bond acceptors (Lipinski definition) is 2. The van der Waals surface area contributed by atoms with Crippen LogP contribution in [0.15, 0.2) is 0 Å². The number of nitrogens with one attached hydrogen (secondary N) is 1. The third-order valence-electron chi connectivity index (χ3n) is 3.26. The summed E-state index contributed by atoms with van der Waals surface area (Å²) in [6.07, 6.45) is 4.34. The van der Waals surface area contributed by atoms with Gasteiger partial charge in [-0.2, -0.15) is 0 Å². The monoisotopic (exact) mass is 194 g/mol. The summed E-state index contributed by atoms with van der Waals surface area (Å²) in [5.41, 5.74) is 0. The molecule has 14 heavy (non-hydrogen) atoms. The van der Waals surface area contributed by atoms with E-state index >= 15 is 0 Å². The first-order chi connectivity index (χ1) is 6.75. The predicted molar refractivity (Wildman–Crippen MR) is 49.4 cm³/mol. The highest BCUT2D eigenvalue weighted by molar-refractivity contribution is 5.95. The van der Waals surface area contributed by atoms with Crippen molar-refractivity contribution in [3.8, 4) is 0 Å². The van der Waals surface area contributed by atoms with Crippen molar-refractivity contribution in [2.24, 2.45) is 5.92 Å². The third-order valence-corrected chi connectivity index (χ3v) is 3.26. The lowest BCUT2D eigenvalue weighted by atomic mass is 10.1. The highest BCUT2D eigenvalue weighted by Crippen LogP contribution is 2.36. The van der Waals surface area contributed by atoms with Gasteiger partial charge in [-0.15, -0.1) is 0 Å². The molecular formula is C10H14N2O2. The van der Waals surface area contributed by atoms with Crippen LogP contribution in [0.2, 0.25) is 0 Å². The quantitative estimate of drug-likeness (QED) is 0.666. The van der Waals surface area contributed by atoms with Crippen LogP contribution in [0.1, 0.15) is 25.7 Å². The first kappa shape index (κ1) is 8.26. The van der Waals surface area contributed by atoms with Crippen molar-refractivity contribution < 1.29 is 9.59 Å². The first-order valence-corrected chi connectivity index (χ1v) is 5.35. The minimum Gasteiger partial charge on any atom is -0.342 e. The van der Waals surface area contributed by atoms with Crippen LogP contribution in [0.4, 0.5) is 0 Å². The van der Waals surface area contributed by atoms with Crippen molar-refractivity contribution in [2.45, 2.75) is 37.8 Å². The second-order valence-electron chi connectivity index (χ2n) is 4.58. The van der Waals surface area contributed by atoms with E-state index < -0.39 is 0 Å². The molecule has 0 aromatic rings. The van der Waals surface area contributed by atoms with E-state index in [-0.39, 0.29) is 24.4 Å². The Hall–Kier alpha value is -1.06. The molecule has 4 heteroatoms. The van der Waals surface area contributed by atoms with Crippen LogP contribution in [0, 0.1) is 5.92 Å². The minimum atomic E-state index is -0.197. The average Bonchev–Trinajstić information content (AvgIpc) is 3.03. The molecule has 0 radical (unpaired) electrons. The van der Waals surface area contributed by atoms with Gasteiger partial charge in [-0.3, -0.25) is 9.59 Å². The summed E-state index contributed by atoms with van der Waals surface area (Å²) in [6.45, 7) is 0.284. The molecular weight excluding hydrogens is 180 g/mol. The van der Waals surface area contributed by atoms with Crippen LogP contribution in [0.25, 0.3) is 0 Å². The maximum atomic E-state index is 11.9. The SMILES string of the molecule is O=C1CN(C2CC2)C(=O)C(C2CC2)N1. The van der Waals surface area contributed by atoms with E-state index in [2.05, 4.69) is 5.32 Å². The van der Waals surface area contributed by atoms with E-state index in [1.54, 1.807) is 4.90 Å². The highest BCUT2D eigenvalue weighted by atomic mass is 16.2. The molecule has 0 bridgehead atoms. The van der Waals surface area contributed by atoms with E-state index in [0.29, 0.717) is 12.0 Å². The Labute approximate surface area is 82.6 Å². The Morgan fingerprint density at radius 2 is 1.86 bits per heavy atom. The summed E-state index contributed by atoms with van der Waals surface area (Å²) in [7, 11) is 0. The summed E-state index contributed by atoms with van der Waals surface area (Å²) >= 11 is 0. The summed E-state index contributed by atoms with van der Waals surface area (Å²) in [5, 5.41) is 2.81. The van der Waals surface area contributed by atoms with Crippen LogP contribution in [0.3, 0.4) is 0 Å². The second kappa shape index (κ2) is 2.72. The summed E-state index contributed by atoms with van der Waals surface area (Å²) in [5.74, 6) is 0.607. The molecule has 1 N–H and O–H groups in total. The lowest BCUT2D eigenvalue weighted by Crippen LogP contribution is -2.59. The van der Waals surface area contributed by atoms with E-state index in [1.807, 2.05) is 0 Å². The van der Waals surface area contributed by atoms with Crippen molar-refractivity contribution in [2.75, 3.05) is 6.54 Å². The van der Waals surface area contributed by atoms with Crippen molar-refractivity contribution in [3.63, 3.8) is 0 Å². The van der Waals surface area contributed by atoms with Crippen LogP contribution in [-0.4, -0.2) is 35.3 Å². The molecule has 1 saturated heterocycles. The van der Waals surface area contributed by atoms with Gasteiger partial charge >= 0.3 is 0 Å². The number of rotatable bonds is 2. The molecule has 1 unspecified atom stereocenters. The van der Waals surface area contributed by atoms with Gasteiger partial charge in [0.15, 0.2) is 0 Å². The summed E-state index contributed by atoms with van der Waals surface area (Å²) in [4.78, 5) is 25.1. The highest BCUT2D eigenvalue weighted by Gasteiger charge is 2.46. The van der Waals surface area contributed by atoms with Crippen molar-refractivity contribution >= 4 is 11.8 Å². The molecule has 3 rings (SSSR count). The largest absolute Gasteiger partial charge is 0.342 e. The maximum absolute atomic E-state index is 11.9. The molecule has 3 fully saturated rings. The molecule has 0 aromatic carbocycles. The molecule has 1 aliphatic heterocycles. The Morgan fingerprint density at radius 1 is 1.14 bits per heavy atom. The van der Waals surface area contributed by atoms with Gasteiger partial charge in [0.1, 0.15) is 6.04 Å². The van der Waals surface area contributed by atoms with Gasteiger partial charge in [-0.1, -0.05) is 0 Å². The molecule has 1 heterocycles. The van der Waals surface area contributed by atoms with Gasteiger partial charge in [0.25, 0.3) is 0 Å². The topological polar surface area (TPSA) is 49.4 Å². The number of carbonyl (C=O) groups excluding carboxylic acids is 2. The Morgan fingerprint density at radius 3 is 2.43 bits per heavy atom. The zero-order valence-electron chi connectivity index (χ0n) is 8.03. The smallest absolute Gasteiger partial charge is 0.246 e. The van der Waals surface area contributed by atoms with E-state index in [4.69, 9.17) is 0 Å². The van der Waals surface area contributed by atoms with Gasteiger partial charge in [0.05, 0.1) is 6.54 Å². The van der Waals surface area contributed by atoms with Gasteiger partial charge in [-0.05, 0) is 31.6 Å². The lowest BCUT2D eigenvalue weighted by Gasteiger charge is -2.32. The van der Waals surface area contributed by atoms with Crippen LogP contribution < -0.4 is 5.32 Å². The van der Waals surface area contributed by atoms with Crippen LogP contribution in [0.5, 0.6) is 0 Å². The number of hydrogen-bond donors (Lipinski definition) is 1. The molecule has 2 saturated carbocycles. The maximum Gasteiger partial charge on any atom is 0.246 e. The molecule has 4 nitrogen and oxygen atoms in total. The first-order valence-electron chi connectivity index (χ1n) is 5.35. The van der Waals surface area contributed by atoms with Crippen LogP contribution in [-0.2, 0) is 9.59 Å². The lowest BCUT2D eigenvalue weighted by molar-refractivity contribution is -0.145. The van der Waals surface area contributed by atoms with Crippen molar-refractivity contribution in [1.82, 2.24) is 10.2 Å². The third kappa shape index (κ3) is 1.29. The minimum absolute atomic E-state index is 0.0217.